The second-order valence-electron chi connectivity index (χ2n) is 4.79. The normalized spacial score (nSPS) is 10.4. The maximum absolute atomic E-state index is 12.3. The van der Waals surface area contributed by atoms with Crippen LogP contribution in [-0.2, 0) is 13.0 Å². The first-order valence-corrected chi connectivity index (χ1v) is 7.00. The zero-order chi connectivity index (χ0) is 15.1. The van der Waals surface area contributed by atoms with Gasteiger partial charge in [0.2, 0.25) is 0 Å². The summed E-state index contributed by atoms with van der Waals surface area (Å²) in [6.07, 6.45) is 2.53. The Labute approximate surface area is 124 Å². The average Bonchev–Trinajstić information content (AvgIpc) is 2.51. The van der Waals surface area contributed by atoms with Crippen molar-refractivity contribution in [3.05, 3.63) is 59.2 Å². The van der Waals surface area contributed by atoms with E-state index in [4.69, 9.17) is 0 Å². The molecular weight excluding hydrogens is 264 g/mol. The molecule has 0 unspecified atom stereocenters. The van der Waals surface area contributed by atoms with E-state index in [9.17, 15) is 4.79 Å². The zero-order valence-corrected chi connectivity index (χ0v) is 12.4. The van der Waals surface area contributed by atoms with Gasteiger partial charge in [-0.05, 0) is 44.6 Å². The zero-order valence-electron chi connectivity index (χ0n) is 12.4. The highest BCUT2D eigenvalue weighted by atomic mass is 16.1. The Balaban J connectivity index is 2.03. The maximum Gasteiger partial charge on any atom is 0.251 e. The van der Waals surface area contributed by atoms with Gasteiger partial charge in [0.15, 0.2) is 0 Å². The molecule has 1 heterocycles. The van der Waals surface area contributed by atoms with Crippen molar-refractivity contribution >= 4 is 5.91 Å². The molecule has 0 aliphatic heterocycles. The van der Waals surface area contributed by atoms with Crippen LogP contribution in [0.15, 0.2) is 36.5 Å². The number of rotatable bonds is 6. The van der Waals surface area contributed by atoms with Gasteiger partial charge in [-0.3, -0.25) is 4.79 Å². The summed E-state index contributed by atoms with van der Waals surface area (Å²) in [6.45, 7) is 3.08. The van der Waals surface area contributed by atoms with Crippen molar-refractivity contribution in [3.8, 4) is 0 Å². The lowest BCUT2D eigenvalue weighted by molar-refractivity contribution is 0.0949. The Bertz CT molecular complexity index is 613. The van der Waals surface area contributed by atoms with Crippen molar-refractivity contribution in [2.75, 3.05) is 13.6 Å². The van der Waals surface area contributed by atoms with Crippen molar-refractivity contribution < 1.29 is 4.79 Å². The van der Waals surface area contributed by atoms with E-state index < -0.39 is 0 Å². The molecule has 1 amide bonds. The number of carbonyl (C=O) groups excluding carboxylic acids is 1. The minimum Gasteiger partial charge on any atom is -0.346 e. The fourth-order valence-electron chi connectivity index (χ4n) is 2.09. The summed E-state index contributed by atoms with van der Waals surface area (Å²) >= 11 is 0. The minimum atomic E-state index is -0.0713. The Morgan fingerprint density at radius 2 is 2.05 bits per heavy atom. The first-order chi connectivity index (χ1) is 10.2. The number of likely N-dealkylation sites (N-methyl/N-ethyl adjacent to an activating group) is 1. The van der Waals surface area contributed by atoms with Gasteiger partial charge in [-0.25, -0.2) is 9.97 Å². The average molecular weight is 284 g/mol. The highest BCUT2D eigenvalue weighted by Crippen LogP contribution is 2.09. The van der Waals surface area contributed by atoms with Crippen molar-refractivity contribution in [3.63, 3.8) is 0 Å². The quantitative estimate of drug-likeness (QED) is 0.843. The van der Waals surface area contributed by atoms with Crippen LogP contribution < -0.4 is 10.6 Å². The summed E-state index contributed by atoms with van der Waals surface area (Å²) < 4.78 is 0. The number of hydrogen-bond donors (Lipinski definition) is 2. The first-order valence-electron chi connectivity index (χ1n) is 7.00. The van der Waals surface area contributed by atoms with E-state index in [0.717, 1.165) is 29.8 Å². The van der Waals surface area contributed by atoms with Crippen LogP contribution in [0.4, 0.5) is 0 Å². The molecule has 0 atom stereocenters. The van der Waals surface area contributed by atoms with Gasteiger partial charge < -0.3 is 10.6 Å². The van der Waals surface area contributed by atoms with Crippen molar-refractivity contribution in [1.82, 2.24) is 20.6 Å². The molecule has 2 rings (SSSR count). The van der Waals surface area contributed by atoms with E-state index >= 15 is 0 Å². The van der Waals surface area contributed by atoms with Crippen LogP contribution in [0.25, 0.3) is 0 Å². The molecule has 5 heteroatoms. The lowest BCUT2D eigenvalue weighted by Gasteiger charge is -2.10. The van der Waals surface area contributed by atoms with Crippen LogP contribution in [0.2, 0.25) is 0 Å². The van der Waals surface area contributed by atoms with Gasteiger partial charge in [0.05, 0.1) is 12.2 Å². The molecule has 0 aliphatic carbocycles. The maximum atomic E-state index is 12.3. The molecule has 2 N–H and O–H groups in total. The third-order valence-electron chi connectivity index (χ3n) is 3.17. The molecule has 0 aliphatic rings. The summed E-state index contributed by atoms with van der Waals surface area (Å²) in [7, 11) is 1.90. The smallest absolute Gasteiger partial charge is 0.251 e. The Hall–Kier alpha value is -2.27. The summed E-state index contributed by atoms with van der Waals surface area (Å²) in [5.74, 6) is 0.633. The number of aromatic nitrogens is 2. The standard InChI is InChI=1S/C16H20N4O/c1-12-18-10-8-14(20-12)11-19-16(21)15-6-4-3-5-13(15)7-9-17-2/h3-6,8,10,17H,7,9,11H2,1-2H3,(H,19,21). The van der Waals surface area contributed by atoms with Crippen molar-refractivity contribution in [2.45, 2.75) is 19.9 Å². The van der Waals surface area contributed by atoms with Crippen LogP contribution in [-0.4, -0.2) is 29.5 Å². The number of benzene rings is 1. The molecule has 0 saturated heterocycles. The lowest BCUT2D eigenvalue weighted by Crippen LogP contribution is -2.25. The van der Waals surface area contributed by atoms with E-state index in [0.29, 0.717) is 12.4 Å². The molecule has 0 bridgehead atoms. The van der Waals surface area contributed by atoms with E-state index in [1.165, 1.54) is 0 Å². The van der Waals surface area contributed by atoms with E-state index in [-0.39, 0.29) is 5.91 Å². The fourth-order valence-corrected chi connectivity index (χ4v) is 2.09. The molecule has 21 heavy (non-hydrogen) atoms. The SMILES string of the molecule is CNCCc1ccccc1C(=O)NCc1ccnc(C)n1. The largest absolute Gasteiger partial charge is 0.346 e. The van der Waals surface area contributed by atoms with E-state index in [1.807, 2.05) is 38.2 Å². The number of nitrogens with zero attached hydrogens (tertiary/aromatic N) is 2. The Morgan fingerprint density at radius 1 is 1.24 bits per heavy atom. The number of amides is 1. The van der Waals surface area contributed by atoms with Gasteiger partial charge in [-0.1, -0.05) is 18.2 Å². The molecule has 1 aromatic carbocycles. The van der Waals surface area contributed by atoms with Crippen molar-refractivity contribution in [1.29, 1.82) is 0 Å². The third kappa shape index (κ3) is 4.36. The molecule has 0 saturated carbocycles. The highest BCUT2D eigenvalue weighted by Gasteiger charge is 2.10. The predicted molar refractivity (Wildman–Crippen MR) is 82.0 cm³/mol. The molecule has 1 aromatic heterocycles. The summed E-state index contributed by atoms with van der Waals surface area (Å²) in [5.41, 5.74) is 2.57. The van der Waals surface area contributed by atoms with Gasteiger partial charge in [0, 0.05) is 11.8 Å². The second kappa shape index (κ2) is 7.50. The topological polar surface area (TPSA) is 66.9 Å². The minimum absolute atomic E-state index is 0.0713. The van der Waals surface area contributed by atoms with Crippen LogP contribution in [0.1, 0.15) is 27.4 Å². The van der Waals surface area contributed by atoms with Gasteiger partial charge in [-0.15, -0.1) is 0 Å². The molecule has 2 aromatic rings. The number of hydrogen-bond acceptors (Lipinski definition) is 4. The predicted octanol–water partition coefficient (Wildman–Crippen LogP) is 1.48. The molecule has 0 fully saturated rings. The van der Waals surface area contributed by atoms with E-state index in [2.05, 4.69) is 20.6 Å². The van der Waals surface area contributed by atoms with Crippen LogP contribution in [0.3, 0.4) is 0 Å². The first kappa shape index (κ1) is 15.1. The molecule has 0 spiro atoms. The summed E-state index contributed by atoms with van der Waals surface area (Å²) in [4.78, 5) is 20.6. The fraction of sp³-hybridized carbons (Fsp3) is 0.312. The highest BCUT2D eigenvalue weighted by molar-refractivity contribution is 5.95. The monoisotopic (exact) mass is 284 g/mol. The van der Waals surface area contributed by atoms with Crippen LogP contribution >= 0.6 is 0 Å². The molecular formula is C16H20N4O. The van der Waals surface area contributed by atoms with Crippen LogP contribution in [0, 0.1) is 6.92 Å². The van der Waals surface area contributed by atoms with Gasteiger partial charge >= 0.3 is 0 Å². The molecule has 0 radical (unpaired) electrons. The van der Waals surface area contributed by atoms with Gasteiger partial charge in [0.1, 0.15) is 5.82 Å². The van der Waals surface area contributed by atoms with Crippen LogP contribution in [0.5, 0.6) is 0 Å². The van der Waals surface area contributed by atoms with Gasteiger partial charge in [-0.2, -0.15) is 0 Å². The summed E-state index contributed by atoms with van der Waals surface area (Å²) in [6, 6.07) is 9.48. The summed E-state index contributed by atoms with van der Waals surface area (Å²) in [5, 5.41) is 6.01. The van der Waals surface area contributed by atoms with Gasteiger partial charge in [0.25, 0.3) is 5.91 Å². The molecule has 110 valence electrons. The Morgan fingerprint density at radius 3 is 2.81 bits per heavy atom. The number of nitrogens with one attached hydrogen (secondary N) is 2. The Kier molecular flexibility index (Phi) is 5.40. The number of carbonyl (C=O) groups is 1. The number of aryl methyl sites for hydroxylation is 1. The molecule has 5 nitrogen and oxygen atoms in total. The van der Waals surface area contributed by atoms with Crippen molar-refractivity contribution in [2.24, 2.45) is 0 Å². The lowest BCUT2D eigenvalue weighted by atomic mass is 10.0. The third-order valence-corrected chi connectivity index (χ3v) is 3.17. The van der Waals surface area contributed by atoms with E-state index in [1.54, 1.807) is 12.3 Å². The second-order valence-corrected chi connectivity index (χ2v) is 4.79.